The Morgan fingerprint density at radius 1 is 0.720 bits per heavy atom. The van der Waals surface area contributed by atoms with Crippen LogP contribution in [-0.4, -0.2) is 13.1 Å². The number of hydrogen-bond donors (Lipinski definition) is 2. The zero-order valence-corrected chi connectivity index (χ0v) is 16.0. The fraction of sp³-hybridized carbons (Fsp3) is 0.478. The summed E-state index contributed by atoms with van der Waals surface area (Å²) >= 11 is 0. The largest absolute Gasteiger partial charge is 0.384 e. The summed E-state index contributed by atoms with van der Waals surface area (Å²) < 4.78 is 0. The molecule has 2 N–H and O–H groups in total. The van der Waals surface area contributed by atoms with Crippen molar-refractivity contribution < 1.29 is 0 Å². The molecule has 0 spiro atoms. The van der Waals surface area contributed by atoms with Crippen LogP contribution in [0.4, 0.5) is 11.4 Å². The quantitative estimate of drug-likeness (QED) is 0.782. The van der Waals surface area contributed by atoms with Gasteiger partial charge in [-0.15, -0.1) is 0 Å². The van der Waals surface area contributed by atoms with Gasteiger partial charge in [0.15, 0.2) is 0 Å². The molecule has 0 atom stereocenters. The lowest BCUT2D eigenvalue weighted by molar-refractivity contribution is 0.379. The van der Waals surface area contributed by atoms with Gasteiger partial charge in [-0.3, -0.25) is 0 Å². The highest BCUT2D eigenvalue weighted by molar-refractivity contribution is 5.57. The van der Waals surface area contributed by atoms with E-state index in [1.807, 2.05) is 0 Å². The van der Waals surface area contributed by atoms with Crippen molar-refractivity contribution in [1.29, 1.82) is 0 Å². The molecule has 0 aliphatic carbocycles. The van der Waals surface area contributed by atoms with Gasteiger partial charge in [-0.25, -0.2) is 0 Å². The lowest BCUT2D eigenvalue weighted by atomic mass is 9.81. The molecule has 0 unspecified atom stereocenters. The number of anilines is 2. The van der Waals surface area contributed by atoms with Gasteiger partial charge in [0.1, 0.15) is 0 Å². The van der Waals surface area contributed by atoms with Crippen LogP contribution in [0.2, 0.25) is 0 Å². The molecule has 2 aliphatic heterocycles. The van der Waals surface area contributed by atoms with E-state index in [0.717, 1.165) is 32.4 Å². The van der Waals surface area contributed by atoms with Gasteiger partial charge < -0.3 is 10.6 Å². The molecule has 2 aliphatic rings. The van der Waals surface area contributed by atoms with Gasteiger partial charge in [0.2, 0.25) is 0 Å². The first-order valence-electron chi connectivity index (χ1n) is 9.51. The molecule has 0 radical (unpaired) electrons. The first-order valence-corrected chi connectivity index (χ1v) is 9.51. The predicted molar refractivity (Wildman–Crippen MR) is 108 cm³/mol. The average Bonchev–Trinajstić information content (AvgIpc) is 2.52. The van der Waals surface area contributed by atoms with E-state index in [9.17, 15) is 0 Å². The Kier molecular flexibility index (Phi) is 3.82. The second kappa shape index (κ2) is 5.79. The smallest absolute Gasteiger partial charge is 0.0373 e. The predicted octanol–water partition coefficient (Wildman–Crippen LogP) is 5.27. The van der Waals surface area contributed by atoms with E-state index in [-0.39, 0.29) is 0 Å². The number of hydrogen-bond acceptors (Lipinski definition) is 2. The highest BCUT2D eigenvalue weighted by Gasteiger charge is 2.26. The number of benzene rings is 2. The lowest BCUT2D eigenvalue weighted by Gasteiger charge is -2.33. The summed E-state index contributed by atoms with van der Waals surface area (Å²) in [5.41, 5.74) is 9.09. The van der Waals surface area contributed by atoms with Gasteiger partial charge in [0.05, 0.1) is 0 Å². The molecule has 2 heteroatoms. The van der Waals surface area contributed by atoms with Gasteiger partial charge in [-0.1, -0.05) is 52.0 Å². The molecule has 0 bridgehead atoms. The van der Waals surface area contributed by atoms with E-state index >= 15 is 0 Å². The fourth-order valence-electron chi connectivity index (χ4n) is 4.21. The lowest BCUT2D eigenvalue weighted by Crippen LogP contribution is -2.30. The van der Waals surface area contributed by atoms with Crippen molar-refractivity contribution in [1.82, 2.24) is 0 Å². The minimum atomic E-state index is 0.342. The van der Waals surface area contributed by atoms with Crippen LogP contribution in [0.5, 0.6) is 0 Å². The SMILES string of the molecule is CC1(C)CNc2ccc(Cc3ccc4c(c3)CC(C)(C)CN4)cc2C1. The Labute approximate surface area is 152 Å². The highest BCUT2D eigenvalue weighted by atomic mass is 14.9. The average molecular weight is 335 g/mol. The third-order valence-electron chi connectivity index (χ3n) is 5.60. The van der Waals surface area contributed by atoms with E-state index in [1.54, 1.807) is 0 Å². The maximum atomic E-state index is 3.59. The number of nitrogens with one attached hydrogen (secondary N) is 2. The summed E-state index contributed by atoms with van der Waals surface area (Å²) in [6.45, 7) is 11.5. The summed E-state index contributed by atoms with van der Waals surface area (Å²) in [7, 11) is 0. The number of rotatable bonds is 2. The maximum Gasteiger partial charge on any atom is 0.0373 e. The Balaban J connectivity index is 1.57. The molecule has 0 fully saturated rings. The summed E-state index contributed by atoms with van der Waals surface area (Å²) in [5.74, 6) is 0. The summed E-state index contributed by atoms with van der Waals surface area (Å²) in [4.78, 5) is 0. The second-order valence-electron chi connectivity index (χ2n) is 9.55. The zero-order chi connectivity index (χ0) is 17.7. The number of fused-ring (bicyclic) bond motifs is 2. The maximum absolute atomic E-state index is 3.59. The first-order chi connectivity index (χ1) is 11.8. The van der Waals surface area contributed by atoms with Crippen molar-refractivity contribution in [3.63, 3.8) is 0 Å². The fourth-order valence-corrected chi connectivity index (χ4v) is 4.21. The Hall–Kier alpha value is -1.96. The van der Waals surface area contributed by atoms with E-state index in [4.69, 9.17) is 0 Å². The first kappa shape index (κ1) is 16.5. The van der Waals surface area contributed by atoms with E-state index in [0.29, 0.717) is 10.8 Å². The third kappa shape index (κ3) is 3.53. The normalized spacial score (nSPS) is 20.0. The molecule has 2 aromatic carbocycles. The Morgan fingerprint density at radius 3 is 1.60 bits per heavy atom. The van der Waals surface area contributed by atoms with Crippen LogP contribution in [0, 0.1) is 10.8 Å². The van der Waals surface area contributed by atoms with Crippen LogP contribution < -0.4 is 10.6 Å². The Bertz CT molecular complexity index is 734. The molecule has 132 valence electrons. The molecule has 4 rings (SSSR count). The monoisotopic (exact) mass is 334 g/mol. The van der Waals surface area contributed by atoms with Crippen molar-refractivity contribution in [3.8, 4) is 0 Å². The van der Waals surface area contributed by atoms with Gasteiger partial charge in [0.25, 0.3) is 0 Å². The highest BCUT2D eigenvalue weighted by Crippen LogP contribution is 2.35. The molecule has 0 saturated carbocycles. The third-order valence-corrected chi connectivity index (χ3v) is 5.60. The van der Waals surface area contributed by atoms with Crippen LogP contribution >= 0.6 is 0 Å². The zero-order valence-electron chi connectivity index (χ0n) is 16.0. The van der Waals surface area contributed by atoms with Gasteiger partial charge in [-0.05, 0) is 64.5 Å². The van der Waals surface area contributed by atoms with Crippen LogP contribution in [-0.2, 0) is 19.3 Å². The van der Waals surface area contributed by atoms with Gasteiger partial charge in [-0.2, -0.15) is 0 Å². The van der Waals surface area contributed by atoms with Crippen LogP contribution in [0.3, 0.4) is 0 Å². The van der Waals surface area contributed by atoms with Crippen molar-refractivity contribution in [2.45, 2.75) is 47.0 Å². The van der Waals surface area contributed by atoms with E-state index in [2.05, 4.69) is 74.7 Å². The summed E-state index contributed by atoms with van der Waals surface area (Å²) in [6, 6.07) is 13.9. The molecule has 2 aromatic rings. The van der Waals surface area contributed by atoms with Gasteiger partial charge in [0, 0.05) is 24.5 Å². The van der Waals surface area contributed by atoms with Crippen LogP contribution in [0.1, 0.15) is 49.9 Å². The van der Waals surface area contributed by atoms with Gasteiger partial charge >= 0.3 is 0 Å². The van der Waals surface area contributed by atoms with Crippen molar-refractivity contribution >= 4 is 11.4 Å². The van der Waals surface area contributed by atoms with E-state index in [1.165, 1.54) is 33.6 Å². The topological polar surface area (TPSA) is 24.1 Å². The molecule has 0 amide bonds. The Morgan fingerprint density at radius 2 is 1.16 bits per heavy atom. The molecule has 0 aromatic heterocycles. The molecular weight excluding hydrogens is 304 g/mol. The van der Waals surface area contributed by atoms with Crippen molar-refractivity contribution in [2.24, 2.45) is 10.8 Å². The molecule has 25 heavy (non-hydrogen) atoms. The molecule has 2 nitrogen and oxygen atoms in total. The van der Waals surface area contributed by atoms with Crippen LogP contribution in [0.25, 0.3) is 0 Å². The van der Waals surface area contributed by atoms with E-state index < -0.39 is 0 Å². The minimum Gasteiger partial charge on any atom is -0.384 e. The minimum absolute atomic E-state index is 0.342. The standard InChI is InChI=1S/C23H30N2/c1-22(2)12-18-10-16(5-7-20(18)24-14-22)9-17-6-8-21-19(11-17)13-23(3,4)15-25-21/h5-8,10-11,24-25H,9,12-15H2,1-4H3. The summed E-state index contributed by atoms with van der Waals surface area (Å²) in [5, 5.41) is 7.17. The second-order valence-corrected chi connectivity index (χ2v) is 9.55. The van der Waals surface area contributed by atoms with Crippen molar-refractivity contribution in [2.75, 3.05) is 23.7 Å². The summed E-state index contributed by atoms with van der Waals surface area (Å²) in [6.07, 6.45) is 3.33. The van der Waals surface area contributed by atoms with Crippen LogP contribution in [0.15, 0.2) is 36.4 Å². The molecule has 0 saturated heterocycles. The molecule has 2 heterocycles. The molecular formula is C23H30N2. The van der Waals surface area contributed by atoms with Crippen molar-refractivity contribution in [3.05, 3.63) is 58.7 Å².